The molecular formula is C15H26N2O3S. The summed E-state index contributed by atoms with van der Waals surface area (Å²) < 4.78 is 29.2. The molecule has 6 heteroatoms. The van der Waals surface area contributed by atoms with Crippen molar-refractivity contribution in [2.45, 2.75) is 64.1 Å². The zero-order valence-electron chi connectivity index (χ0n) is 13.3. The SMILES string of the molecule is CC1CCC(C)N(S(=O)(=O)c2cc(CO)n(C(C)C)c2)C1. The van der Waals surface area contributed by atoms with Crippen molar-refractivity contribution in [3.63, 3.8) is 0 Å². The quantitative estimate of drug-likeness (QED) is 0.928. The maximum Gasteiger partial charge on any atom is 0.244 e. The summed E-state index contributed by atoms with van der Waals surface area (Å²) in [7, 11) is -3.49. The summed E-state index contributed by atoms with van der Waals surface area (Å²) in [5.41, 5.74) is 0.640. The molecule has 1 fully saturated rings. The van der Waals surface area contributed by atoms with Gasteiger partial charge in [-0.1, -0.05) is 6.92 Å². The molecule has 5 nitrogen and oxygen atoms in total. The standard InChI is InChI=1S/C15H26N2O3S/c1-11(2)16-9-15(7-14(16)10-18)21(19,20)17-8-12(3)5-6-13(17)4/h7,9,11-13,18H,5-6,8,10H2,1-4H3. The summed E-state index contributed by atoms with van der Waals surface area (Å²) in [5.74, 6) is 0.389. The van der Waals surface area contributed by atoms with Crippen molar-refractivity contribution in [1.29, 1.82) is 0 Å². The summed E-state index contributed by atoms with van der Waals surface area (Å²) >= 11 is 0. The molecule has 0 amide bonds. The number of aromatic nitrogens is 1. The van der Waals surface area contributed by atoms with E-state index in [0.717, 1.165) is 12.8 Å². The second kappa shape index (κ2) is 6.10. The summed E-state index contributed by atoms with van der Waals surface area (Å²) in [6.07, 6.45) is 3.62. The third-order valence-electron chi connectivity index (χ3n) is 4.29. The summed E-state index contributed by atoms with van der Waals surface area (Å²) in [6.45, 7) is 8.43. The Morgan fingerprint density at radius 2 is 2.00 bits per heavy atom. The van der Waals surface area contributed by atoms with Gasteiger partial charge in [0.05, 0.1) is 6.61 Å². The minimum atomic E-state index is -3.49. The Balaban J connectivity index is 2.39. The third-order valence-corrected chi connectivity index (χ3v) is 6.24. The molecule has 0 saturated carbocycles. The summed E-state index contributed by atoms with van der Waals surface area (Å²) in [5, 5.41) is 9.42. The molecule has 2 rings (SSSR count). The van der Waals surface area contributed by atoms with Gasteiger partial charge in [0.2, 0.25) is 10.0 Å². The monoisotopic (exact) mass is 314 g/mol. The van der Waals surface area contributed by atoms with Crippen molar-refractivity contribution < 1.29 is 13.5 Å². The van der Waals surface area contributed by atoms with Crippen LogP contribution in [0.15, 0.2) is 17.2 Å². The van der Waals surface area contributed by atoms with Gasteiger partial charge in [-0.3, -0.25) is 0 Å². The zero-order valence-corrected chi connectivity index (χ0v) is 14.1. The van der Waals surface area contributed by atoms with Crippen LogP contribution in [0.1, 0.15) is 52.3 Å². The van der Waals surface area contributed by atoms with Crippen LogP contribution in [0.2, 0.25) is 0 Å². The smallest absolute Gasteiger partial charge is 0.244 e. The Morgan fingerprint density at radius 3 is 2.52 bits per heavy atom. The number of rotatable bonds is 4. The highest BCUT2D eigenvalue weighted by Gasteiger charge is 2.34. The highest BCUT2D eigenvalue weighted by molar-refractivity contribution is 7.89. The molecule has 1 aromatic heterocycles. The Kier molecular flexibility index (Phi) is 4.80. The number of sulfonamides is 1. The van der Waals surface area contributed by atoms with Gasteiger partial charge >= 0.3 is 0 Å². The first-order chi connectivity index (χ1) is 9.77. The molecule has 1 saturated heterocycles. The Labute approximate surface area is 127 Å². The van der Waals surface area contributed by atoms with Gasteiger partial charge in [0.15, 0.2) is 0 Å². The minimum Gasteiger partial charge on any atom is -0.390 e. The van der Waals surface area contributed by atoms with Crippen molar-refractivity contribution in [3.05, 3.63) is 18.0 Å². The van der Waals surface area contributed by atoms with Crippen molar-refractivity contribution >= 4 is 10.0 Å². The Morgan fingerprint density at radius 1 is 1.33 bits per heavy atom. The van der Waals surface area contributed by atoms with E-state index in [2.05, 4.69) is 6.92 Å². The Bertz CT molecular complexity index is 592. The molecular weight excluding hydrogens is 288 g/mol. The molecule has 120 valence electrons. The molecule has 1 aliphatic heterocycles. The fourth-order valence-corrected chi connectivity index (χ4v) is 4.80. The first kappa shape index (κ1) is 16.5. The summed E-state index contributed by atoms with van der Waals surface area (Å²) in [6, 6.07) is 1.75. The largest absolute Gasteiger partial charge is 0.390 e. The molecule has 21 heavy (non-hydrogen) atoms. The highest BCUT2D eigenvalue weighted by atomic mass is 32.2. The molecule has 0 spiro atoms. The fraction of sp³-hybridized carbons (Fsp3) is 0.733. The van der Waals surface area contributed by atoms with E-state index in [1.807, 2.05) is 25.3 Å². The van der Waals surface area contributed by atoms with Gasteiger partial charge in [0.25, 0.3) is 0 Å². The normalized spacial score (nSPS) is 24.7. The van der Waals surface area contributed by atoms with Gasteiger partial charge in [-0.05, 0) is 45.6 Å². The fourth-order valence-electron chi connectivity index (χ4n) is 2.96. The maximum atomic E-state index is 12.9. The predicted molar refractivity (Wildman–Crippen MR) is 82.5 cm³/mol. The van der Waals surface area contributed by atoms with E-state index in [9.17, 15) is 13.5 Å². The molecule has 2 unspecified atom stereocenters. The second-order valence-electron chi connectivity index (χ2n) is 6.43. The number of hydrogen-bond acceptors (Lipinski definition) is 3. The van der Waals surface area contributed by atoms with Crippen LogP contribution >= 0.6 is 0 Å². The van der Waals surface area contributed by atoms with E-state index >= 15 is 0 Å². The Hall–Kier alpha value is -0.850. The molecule has 0 radical (unpaired) electrons. The van der Waals surface area contributed by atoms with Crippen LogP contribution in [-0.4, -0.2) is 35.0 Å². The number of piperidine rings is 1. The molecule has 0 aromatic carbocycles. The van der Waals surface area contributed by atoms with E-state index in [1.165, 1.54) is 0 Å². The number of nitrogens with zero attached hydrogens (tertiary/aromatic N) is 2. The molecule has 1 aliphatic rings. The number of aliphatic hydroxyl groups is 1. The van der Waals surface area contributed by atoms with Crippen LogP contribution in [0, 0.1) is 5.92 Å². The first-order valence-corrected chi connectivity index (χ1v) is 9.04. The molecule has 2 atom stereocenters. The molecule has 0 aliphatic carbocycles. The van der Waals surface area contributed by atoms with Crippen LogP contribution in [0.5, 0.6) is 0 Å². The number of aliphatic hydroxyl groups excluding tert-OH is 1. The average Bonchev–Trinajstić information content (AvgIpc) is 2.86. The van der Waals surface area contributed by atoms with Gasteiger partial charge in [0.1, 0.15) is 4.90 Å². The maximum absolute atomic E-state index is 12.9. The van der Waals surface area contributed by atoms with Gasteiger partial charge in [0, 0.05) is 30.5 Å². The van der Waals surface area contributed by atoms with Gasteiger partial charge in [-0.15, -0.1) is 0 Å². The summed E-state index contributed by atoms with van der Waals surface area (Å²) in [4.78, 5) is 0.293. The lowest BCUT2D eigenvalue weighted by molar-refractivity contribution is 0.218. The van der Waals surface area contributed by atoms with E-state index in [-0.39, 0.29) is 18.7 Å². The van der Waals surface area contributed by atoms with E-state index in [4.69, 9.17) is 0 Å². The lowest BCUT2D eigenvalue weighted by Crippen LogP contribution is -2.44. The van der Waals surface area contributed by atoms with Gasteiger partial charge < -0.3 is 9.67 Å². The second-order valence-corrected chi connectivity index (χ2v) is 8.32. The lowest BCUT2D eigenvalue weighted by atomic mass is 9.97. The van der Waals surface area contributed by atoms with Crippen LogP contribution in [0.25, 0.3) is 0 Å². The lowest BCUT2D eigenvalue weighted by Gasteiger charge is -2.35. The zero-order chi connectivity index (χ0) is 15.8. The molecule has 0 bridgehead atoms. The van der Waals surface area contributed by atoms with E-state index in [0.29, 0.717) is 23.1 Å². The van der Waals surface area contributed by atoms with Crippen molar-refractivity contribution in [3.8, 4) is 0 Å². The van der Waals surface area contributed by atoms with Crippen molar-refractivity contribution in [2.75, 3.05) is 6.54 Å². The van der Waals surface area contributed by atoms with Gasteiger partial charge in [-0.2, -0.15) is 4.31 Å². The molecule has 2 heterocycles. The van der Waals surface area contributed by atoms with Gasteiger partial charge in [-0.25, -0.2) is 8.42 Å². The first-order valence-electron chi connectivity index (χ1n) is 7.60. The molecule has 1 N–H and O–H groups in total. The van der Waals surface area contributed by atoms with Crippen LogP contribution in [-0.2, 0) is 16.6 Å². The van der Waals surface area contributed by atoms with Crippen LogP contribution in [0.4, 0.5) is 0 Å². The third kappa shape index (κ3) is 3.17. The predicted octanol–water partition coefficient (Wildman–Crippen LogP) is 2.37. The topological polar surface area (TPSA) is 62.5 Å². The number of hydrogen-bond donors (Lipinski definition) is 1. The van der Waals surface area contributed by atoms with Crippen LogP contribution in [0.3, 0.4) is 0 Å². The average molecular weight is 314 g/mol. The molecule has 1 aromatic rings. The minimum absolute atomic E-state index is 0.0335. The van der Waals surface area contributed by atoms with Crippen LogP contribution < -0.4 is 0 Å². The highest BCUT2D eigenvalue weighted by Crippen LogP contribution is 2.29. The van der Waals surface area contributed by atoms with Crippen molar-refractivity contribution in [1.82, 2.24) is 8.87 Å². The van der Waals surface area contributed by atoms with E-state index < -0.39 is 10.0 Å². The van der Waals surface area contributed by atoms with E-state index in [1.54, 1.807) is 16.6 Å². The van der Waals surface area contributed by atoms with Crippen molar-refractivity contribution in [2.24, 2.45) is 5.92 Å².